The van der Waals surface area contributed by atoms with E-state index in [4.69, 9.17) is 17.3 Å². The van der Waals surface area contributed by atoms with Gasteiger partial charge < -0.3 is 5.73 Å². The first-order valence-corrected chi connectivity index (χ1v) is 7.30. The molecule has 0 amide bonds. The Morgan fingerprint density at radius 1 is 1.47 bits per heavy atom. The summed E-state index contributed by atoms with van der Waals surface area (Å²) in [5, 5.41) is 0. The summed E-state index contributed by atoms with van der Waals surface area (Å²) in [6, 6.07) is 2.66. The third-order valence-electron chi connectivity index (χ3n) is 3.12. The van der Waals surface area contributed by atoms with Crippen LogP contribution in [-0.4, -0.2) is 29.7 Å². The maximum absolute atomic E-state index is 12.7. The molecular weight excluding hydrogens is 297 g/mol. The van der Waals surface area contributed by atoms with Crippen molar-refractivity contribution >= 4 is 22.9 Å². The predicted octanol–water partition coefficient (Wildman–Crippen LogP) is 3.82. The van der Waals surface area contributed by atoms with Crippen molar-refractivity contribution in [1.29, 1.82) is 0 Å². The number of hydrogen-bond donors (Lipinski definition) is 1. The van der Waals surface area contributed by atoms with Crippen LogP contribution in [0.5, 0.6) is 0 Å². The Morgan fingerprint density at radius 3 is 2.47 bits per heavy atom. The summed E-state index contributed by atoms with van der Waals surface area (Å²) in [4.78, 5) is 2.28. The molecule has 1 aromatic heterocycles. The number of thiophene rings is 1. The van der Waals surface area contributed by atoms with Crippen LogP contribution in [0.1, 0.15) is 30.7 Å². The average Bonchev–Trinajstić information content (AvgIpc) is 3.00. The SMILES string of the molecule is CC(N)C(c1ccc(Cl)s1)N(CC(F)(F)F)C1CC1. The van der Waals surface area contributed by atoms with Crippen molar-refractivity contribution in [2.75, 3.05) is 6.54 Å². The standard InChI is InChI=1S/C12H16ClF3N2S/c1-7(17)11(9-4-5-10(13)19-9)18(8-2-3-8)6-12(14,15)16/h4-5,7-8,11H,2-3,6,17H2,1H3. The van der Waals surface area contributed by atoms with Crippen molar-refractivity contribution < 1.29 is 13.2 Å². The number of halogens is 4. The van der Waals surface area contributed by atoms with Gasteiger partial charge in [-0.15, -0.1) is 11.3 Å². The number of nitrogens with two attached hydrogens (primary N) is 1. The zero-order chi connectivity index (χ0) is 14.2. The highest BCUT2D eigenvalue weighted by atomic mass is 35.5. The summed E-state index contributed by atoms with van der Waals surface area (Å²) >= 11 is 7.18. The second kappa shape index (κ2) is 5.60. The van der Waals surface area contributed by atoms with E-state index in [9.17, 15) is 13.2 Å². The molecule has 7 heteroatoms. The Kier molecular flexibility index (Phi) is 4.45. The highest BCUT2D eigenvalue weighted by molar-refractivity contribution is 7.16. The van der Waals surface area contributed by atoms with Crippen molar-refractivity contribution in [3.05, 3.63) is 21.3 Å². The Morgan fingerprint density at radius 2 is 2.11 bits per heavy atom. The molecule has 2 atom stereocenters. The highest BCUT2D eigenvalue weighted by Crippen LogP contribution is 2.40. The summed E-state index contributed by atoms with van der Waals surface area (Å²) in [7, 11) is 0. The van der Waals surface area contributed by atoms with E-state index in [-0.39, 0.29) is 12.1 Å². The molecule has 2 rings (SSSR count). The average molecular weight is 313 g/mol. The largest absolute Gasteiger partial charge is 0.401 e. The number of alkyl halides is 3. The van der Waals surface area contributed by atoms with E-state index in [1.54, 1.807) is 19.1 Å². The van der Waals surface area contributed by atoms with Gasteiger partial charge >= 0.3 is 6.18 Å². The van der Waals surface area contributed by atoms with Gasteiger partial charge in [0.05, 0.1) is 16.9 Å². The normalized spacial score (nSPS) is 19.7. The maximum Gasteiger partial charge on any atom is 0.401 e. The van der Waals surface area contributed by atoms with Gasteiger partial charge in [0, 0.05) is 17.0 Å². The molecule has 0 aromatic carbocycles. The minimum absolute atomic E-state index is 0.0153. The molecule has 0 saturated heterocycles. The van der Waals surface area contributed by atoms with Gasteiger partial charge in [0.15, 0.2) is 0 Å². The summed E-state index contributed by atoms with van der Waals surface area (Å²) in [5.74, 6) is 0. The Labute approximate surface area is 119 Å². The third-order valence-corrected chi connectivity index (χ3v) is 4.42. The molecule has 2 N–H and O–H groups in total. The maximum atomic E-state index is 12.7. The van der Waals surface area contributed by atoms with E-state index in [2.05, 4.69) is 0 Å². The van der Waals surface area contributed by atoms with E-state index in [0.29, 0.717) is 4.34 Å². The van der Waals surface area contributed by atoms with Gasteiger partial charge in [-0.05, 0) is 31.9 Å². The van der Waals surface area contributed by atoms with Crippen molar-refractivity contribution in [3.8, 4) is 0 Å². The number of nitrogens with zero attached hydrogens (tertiary/aromatic N) is 1. The van der Waals surface area contributed by atoms with Gasteiger partial charge in [-0.3, -0.25) is 4.90 Å². The topological polar surface area (TPSA) is 29.3 Å². The van der Waals surface area contributed by atoms with Crippen LogP contribution >= 0.6 is 22.9 Å². The van der Waals surface area contributed by atoms with Crippen LogP contribution in [0.15, 0.2) is 12.1 Å². The van der Waals surface area contributed by atoms with Gasteiger partial charge in [-0.1, -0.05) is 11.6 Å². The van der Waals surface area contributed by atoms with E-state index < -0.39 is 18.8 Å². The lowest BCUT2D eigenvalue weighted by Crippen LogP contribution is -2.44. The summed E-state index contributed by atoms with van der Waals surface area (Å²) in [5.41, 5.74) is 5.92. The lowest BCUT2D eigenvalue weighted by atomic mass is 10.1. The molecule has 1 aliphatic carbocycles. The van der Waals surface area contributed by atoms with Crippen LogP contribution in [0.2, 0.25) is 4.34 Å². The van der Waals surface area contributed by atoms with Crippen LogP contribution in [0, 0.1) is 0 Å². The van der Waals surface area contributed by atoms with Crippen LogP contribution in [0.4, 0.5) is 13.2 Å². The molecule has 1 saturated carbocycles. The molecule has 0 aliphatic heterocycles. The Balaban J connectivity index is 2.24. The molecule has 19 heavy (non-hydrogen) atoms. The van der Waals surface area contributed by atoms with Crippen LogP contribution in [0.3, 0.4) is 0 Å². The van der Waals surface area contributed by atoms with Crippen LogP contribution < -0.4 is 5.73 Å². The van der Waals surface area contributed by atoms with Gasteiger partial charge in [0.1, 0.15) is 0 Å². The van der Waals surface area contributed by atoms with E-state index >= 15 is 0 Å². The summed E-state index contributed by atoms with van der Waals surface area (Å²) < 4.78 is 38.8. The molecule has 0 spiro atoms. The van der Waals surface area contributed by atoms with Gasteiger partial charge in [0.2, 0.25) is 0 Å². The van der Waals surface area contributed by atoms with Gasteiger partial charge in [-0.25, -0.2) is 0 Å². The Bertz CT molecular complexity index is 429. The molecule has 1 aliphatic rings. The van der Waals surface area contributed by atoms with Crippen molar-refractivity contribution in [2.24, 2.45) is 5.73 Å². The molecule has 1 heterocycles. The third kappa shape index (κ3) is 4.08. The van der Waals surface area contributed by atoms with Crippen LogP contribution in [0.25, 0.3) is 0 Å². The van der Waals surface area contributed by atoms with Crippen molar-refractivity contribution in [1.82, 2.24) is 4.90 Å². The fourth-order valence-electron chi connectivity index (χ4n) is 2.28. The van der Waals surface area contributed by atoms with Crippen molar-refractivity contribution in [2.45, 2.75) is 44.1 Å². The fourth-order valence-corrected chi connectivity index (χ4v) is 3.58. The zero-order valence-corrected chi connectivity index (χ0v) is 12.0. The lowest BCUT2D eigenvalue weighted by Gasteiger charge is -2.34. The zero-order valence-electron chi connectivity index (χ0n) is 10.5. The molecule has 108 valence electrons. The number of hydrogen-bond acceptors (Lipinski definition) is 3. The number of rotatable bonds is 5. The van der Waals surface area contributed by atoms with Gasteiger partial charge in [-0.2, -0.15) is 13.2 Å². The molecular formula is C12H16ClF3N2S. The molecule has 1 aromatic rings. The first-order chi connectivity index (χ1) is 8.78. The molecule has 2 unspecified atom stereocenters. The summed E-state index contributed by atoms with van der Waals surface area (Å²) in [6.07, 6.45) is -2.60. The Hall–Kier alpha value is -0.300. The van der Waals surface area contributed by atoms with Crippen LogP contribution in [-0.2, 0) is 0 Å². The smallest absolute Gasteiger partial charge is 0.326 e. The first kappa shape index (κ1) is 15.1. The van der Waals surface area contributed by atoms with E-state index in [0.717, 1.165) is 17.7 Å². The van der Waals surface area contributed by atoms with Gasteiger partial charge in [0.25, 0.3) is 0 Å². The second-order valence-electron chi connectivity index (χ2n) is 4.96. The quantitative estimate of drug-likeness (QED) is 0.895. The molecule has 0 radical (unpaired) electrons. The van der Waals surface area contributed by atoms with Crippen molar-refractivity contribution in [3.63, 3.8) is 0 Å². The molecule has 1 fully saturated rings. The first-order valence-electron chi connectivity index (χ1n) is 6.11. The second-order valence-corrected chi connectivity index (χ2v) is 6.71. The highest BCUT2D eigenvalue weighted by Gasteiger charge is 2.43. The molecule has 2 nitrogen and oxygen atoms in total. The monoisotopic (exact) mass is 312 g/mol. The minimum atomic E-state index is -4.21. The lowest BCUT2D eigenvalue weighted by molar-refractivity contribution is -0.153. The van der Waals surface area contributed by atoms with E-state index in [1.165, 1.54) is 16.2 Å². The summed E-state index contributed by atoms with van der Waals surface area (Å²) in [6.45, 7) is 0.823. The fraction of sp³-hybridized carbons (Fsp3) is 0.667. The predicted molar refractivity (Wildman–Crippen MR) is 71.5 cm³/mol. The van der Waals surface area contributed by atoms with E-state index in [1.807, 2.05) is 0 Å². The molecule has 0 bridgehead atoms. The minimum Gasteiger partial charge on any atom is -0.326 e.